The SMILES string of the molecule is CC(CNC(=O)O)[C@H](O)Cc1c(Cl)cccc1Cl. The van der Waals surface area contributed by atoms with Gasteiger partial charge in [-0.3, -0.25) is 0 Å². The lowest BCUT2D eigenvalue weighted by atomic mass is 9.97. The van der Waals surface area contributed by atoms with E-state index in [1.165, 1.54) is 0 Å². The molecule has 0 aromatic heterocycles. The molecule has 100 valence electrons. The van der Waals surface area contributed by atoms with Gasteiger partial charge in [-0.2, -0.15) is 0 Å². The van der Waals surface area contributed by atoms with Gasteiger partial charge in [0.15, 0.2) is 0 Å². The summed E-state index contributed by atoms with van der Waals surface area (Å²) in [5.41, 5.74) is 0.676. The van der Waals surface area contributed by atoms with Gasteiger partial charge in [-0.05, 0) is 23.6 Å². The van der Waals surface area contributed by atoms with Crippen LogP contribution in [0.4, 0.5) is 4.79 Å². The molecule has 3 N–H and O–H groups in total. The molecule has 0 aliphatic rings. The molecule has 1 amide bonds. The second-order valence-corrected chi connectivity index (χ2v) is 4.95. The predicted molar refractivity (Wildman–Crippen MR) is 71.4 cm³/mol. The zero-order valence-electron chi connectivity index (χ0n) is 9.86. The van der Waals surface area contributed by atoms with Crippen LogP contribution >= 0.6 is 23.2 Å². The monoisotopic (exact) mass is 291 g/mol. The normalized spacial score (nSPS) is 14.0. The van der Waals surface area contributed by atoms with Crippen molar-refractivity contribution in [3.05, 3.63) is 33.8 Å². The van der Waals surface area contributed by atoms with Crippen LogP contribution in [-0.4, -0.2) is 29.0 Å². The lowest BCUT2D eigenvalue weighted by Crippen LogP contribution is -2.33. The van der Waals surface area contributed by atoms with E-state index < -0.39 is 12.2 Å². The van der Waals surface area contributed by atoms with Gasteiger partial charge in [-0.25, -0.2) is 4.79 Å². The lowest BCUT2D eigenvalue weighted by molar-refractivity contribution is 0.114. The standard InChI is InChI=1S/C12H15Cl2NO3/c1-7(6-15-12(17)18)11(16)5-8-9(13)3-2-4-10(8)14/h2-4,7,11,15-16H,5-6H2,1H3,(H,17,18)/t7?,11-/m1/s1. The van der Waals surface area contributed by atoms with E-state index in [1.807, 2.05) is 0 Å². The van der Waals surface area contributed by atoms with Gasteiger partial charge < -0.3 is 15.5 Å². The molecule has 0 saturated heterocycles. The third kappa shape index (κ3) is 4.37. The highest BCUT2D eigenvalue weighted by molar-refractivity contribution is 6.35. The van der Waals surface area contributed by atoms with Crippen LogP contribution in [-0.2, 0) is 6.42 Å². The number of carbonyl (C=O) groups is 1. The van der Waals surface area contributed by atoms with Gasteiger partial charge in [0.05, 0.1) is 6.10 Å². The van der Waals surface area contributed by atoms with Crippen LogP contribution < -0.4 is 5.32 Å². The van der Waals surface area contributed by atoms with Gasteiger partial charge in [-0.15, -0.1) is 0 Å². The van der Waals surface area contributed by atoms with Crippen molar-refractivity contribution in [2.24, 2.45) is 5.92 Å². The van der Waals surface area contributed by atoms with Gasteiger partial charge in [-0.1, -0.05) is 36.2 Å². The van der Waals surface area contributed by atoms with Crippen molar-refractivity contribution in [1.82, 2.24) is 5.32 Å². The number of hydrogen-bond acceptors (Lipinski definition) is 2. The summed E-state index contributed by atoms with van der Waals surface area (Å²) in [5.74, 6) is -0.228. The molecule has 0 fully saturated rings. The number of benzene rings is 1. The highest BCUT2D eigenvalue weighted by Crippen LogP contribution is 2.26. The summed E-state index contributed by atoms with van der Waals surface area (Å²) in [7, 11) is 0. The fraction of sp³-hybridized carbons (Fsp3) is 0.417. The number of nitrogens with one attached hydrogen (secondary N) is 1. The summed E-state index contributed by atoms with van der Waals surface area (Å²) < 4.78 is 0. The average Bonchev–Trinajstić information content (AvgIpc) is 2.30. The molecule has 1 unspecified atom stereocenters. The van der Waals surface area contributed by atoms with E-state index in [-0.39, 0.29) is 12.5 Å². The highest BCUT2D eigenvalue weighted by Gasteiger charge is 2.18. The highest BCUT2D eigenvalue weighted by atomic mass is 35.5. The quantitative estimate of drug-likeness (QED) is 0.781. The molecular weight excluding hydrogens is 277 g/mol. The van der Waals surface area contributed by atoms with E-state index >= 15 is 0 Å². The maximum absolute atomic E-state index is 10.4. The molecule has 1 aromatic rings. The molecule has 0 saturated carbocycles. The molecular formula is C12H15Cl2NO3. The van der Waals surface area contributed by atoms with Crippen molar-refractivity contribution < 1.29 is 15.0 Å². The number of hydrogen-bond donors (Lipinski definition) is 3. The van der Waals surface area contributed by atoms with E-state index in [0.717, 1.165) is 0 Å². The number of aliphatic hydroxyl groups excluding tert-OH is 1. The maximum Gasteiger partial charge on any atom is 0.404 e. The molecule has 0 bridgehead atoms. The smallest absolute Gasteiger partial charge is 0.404 e. The Hall–Kier alpha value is -0.970. The Labute approximate surface area is 116 Å². The van der Waals surface area contributed by atoms with Crippen molar-refractivity contribution in [2.45, 2.75) is 19.4 Å². The van der Waals surface area contributed by atoms with Crippen LogP contribution in [0.3, 0.4) is 0 Å². The third-order valence-electron chi connectivity index (χ3n) is 2.71. The molecule has 6 heteroatoms. The molecule has 2 atom stereocenters. The maximum atomic E-state index is 10.4. The molecule has 0 aliphatic heterocycles. The number of aliphatic hydroxyl groups is 1. The molecule has 4 nitrogen and oxygen atoms in total. The summed E-state index contributed by atoms with van der Waals surface area (Å²) in [5, 5.41) is 21.7. The fourth-order valence-corrected chi connectivity index (χ4v) is 2.07. The minimum absolute atomic E-state index is 0.179. The van der Waals surface area contributed by atoms with E-state index in [4.69, 9.17) is 28.3 Å². The first-order valence-electron chi connectivity index (χ1n) is 5.49. The topological polar surface area (TPSA) is 69.6 Å². The fourth-order valence-electron chi connectivity index (χ4n) is 1.52. The van der Waals surface area contributed by atoms with Crippen molar-refractivity contribution in [3.8, 4) is 0 Å². The average molecular weight is 292 g/mol. The Balaban J connectivity index is 2.63. The Morgan fingerprint density at radius 1 is 1.39 bits per heavy atom. The summed E-state index contributed by atoms with van der Waals surface area (Å²) in [6.45, 7) is 1.93. The Morgan fingerprint density at radius 2 is 1.94 bits per heavy atom. The zero-order chi connectivity index (χ0) is 13.7. The number of carboxylic acid groups (broad SMARTS) is 1. The van der Waals surface area contributed by atoms with Crippen molar-refractivity contribution in [3.63, 3.8) is 0 Å². The van der Waals surface area contributed by atoms with Crippen molar-refractivity contribution >= 4 is 29.3 Å². The Morgan fingerprint density at radius 3 is 2.44 bits per heavy atom. The summed E-state index contributed by atoms with van der Waals surface area (Å²) in [6.07, 6.45) is -1.53. The first kappa shape index (κ1) is 15.1. The van der Waals surface area contributed by atoms with Crippen LogP contribution in [0, 0.1) is 5.92 Å². The number of rotatable bonds is 5. The van der Waals surface area contributed by atoms with Gasteiger partial charge in [0, 0.05) is 23.0 Å². The number of halogens is 2. The van der Waals surface area contributed by atoms with Crippen LogP contribution in [0.2, 0.25) is 10.0 Å². The third-order valence-corrected chi connectivity index (χ3v) is 3.42. The molecule has 0 aliphatic carbocycles. The predicted octanol–water partition coefficient (Wildman–Crippen LogP) is 2.80. The van der Waals surface area contributed by atoms with E-state index in [2.05, 4.69) is 5.32 Å². The summed E-state index contributed by atoms with van der Waals surface area (Å²) >= 11 is 12.0. The zero-order valence-corrected chi connectivity index (χ0v) is 11.4. The Bertz CT molecular complexity index is 406. The molecule has 1 aromatic carbocycles. The summed E-state index contributed by atoms with van der Waals surface area (Å²) in [6, 6.07) is 5.14. The second kappa shape index (κ2) is 6.83. The van der Waals surface area contributed by atoms with Crippen LogP contribution in [0.5, 0.6) is 0 Å². The van der Waals surface area contributed by atoms with Crippen molar-refractivity contribution in [1.29, 1.82) is 0 Å². The molecule has 0 radical (unpaired) electrons. The van der Waals surface area contributed by atoms with Crippen LogP contribution in [0.15, 0.2) is 18.2 Å². The molecule has 0 spiro atoms. The number of amides is 1. The lowest BCUT2D eigenvalue weighted by Gasteiger charge is -2.19. The van der Waals surface area contributed by atoms with Gasteiger partial charge >= 0.3 is 6.09 Å². The van der Waals surface area contributed by atoms with Crippen LogP contribution in [0.25, 0.3) is 0 Å². The van der Waals surface area contributed by atoms with Crippen molar-refractivity contribution in [2.75, 3.05) is 6.54 Å². The molecule has 0 heterocycles. The largest absolute Gasteiger partial charge is 0.465 e. The minimum atomic E-state index is -1.11. The van der Waals surface area contributed by atoms with Gasteiger partial charge in [0.1, 0.15) is 0 Å². The minimum Gasteiger partial charge on any atom is -0.465 e. The van der Waals surface area contributed by atoms with E-state index in [1.54, 1.807) is 25.1 Å². The molecule has 1 rings (SSSR count). The first-order chi connectivity index (χ1) is 8.41. The van der Waals surface area contributed by atoms with Gasteiger partial charge in [0.2, 0.25) is 0 Å². The Kier molecular flexibility index (Phi) is 5.72. The first-order valence-corrected chi connectivity index (χ1v) is 6.25. The van der Waals surface area contributed by atoms with E-state index in [9.17, 15) is 9.90 Å². The van der Waals surface area contributed by atoms with Gasteiger partial charge in [0.25, 0.3) is 0 Å². The molecule has 18 heavy (non-hydrogen) atoms. The summed E-state index contributed by atoms with van der Waals surface area (Å²) in [4.78, 5) is 10.4. The van der Waals surface area contributed by atoms with Crippen LogP contribution in [0.1, 0.15) is 12.5 Å². The van der Waals surface area contributed by atoms with E-state index in [0.29, 0.717) is 22.0 Å². The second-order valence-electron chi connectivity index (χ2n) is 4.14.